The SMILES string of the molecule is CCCCCCCCCCCCC/C=C/[C@@H](O)[C@@H](N)CO.[PbH2]. The molecule has 2 atom stereocenters. The Morgan fingerprint density at radius 3 is 1.77 bits per heavy atom. The van der Waals surface area contributed by atoms with E-state index in [9.17, 15) is 5.11 Å². The van der Waals surface area contributed by atoms with Gasteiger partial charge in [-0.05, 0) is 12.8 Å². The van der Waals surface area contributed by atoms with Crippen molar-refractivity contribution in [2.24, 2.45) is 5.73 Å². The molecule has 0 aliphatic rings. The summed E-state index contributed by atoms with van der Waals surface area (Å²) in [6.45, 7) is 2.08. The Morgan fingerprint density at radius 1 is 0.864 bits per heavy atom. The molecule has 0 aliphatic heterocycles. The summed E-state index contributed by atoms with van der Waals surface area (Å²) in [6, 6.07) is -0.557. The van der Waals surface area contributed by atoms with Crippen molar-refractivity contribution in [3.63, 3.8) is 0 Å². The monoisotopic (exact) mass is 509 g/mol. The fraction of sp³-hybridized carbons (Fsp3) is 0.889. The van der Waals surface area contributed by atoms with E-state index in [1.54, 1.807) is 6.08 Å². The molecule has 132 valence electrons. The molecule has 0 aromatic carbocycles. The first kappa shape index (κ1) is 24.8. The minimum atomic E-state index is -0.720. The van der Waals surface area contributed by atoms with Crippen molar-refractivity contribution in [1.82, 2.24) is 0 Å². The summed E-state index contributed by atoms with van der Waals surface area (Å²) < 4.78 is 0. The fourth-order valence-electron chi connectivity index (χ4n) is 2.41. The molecule has 0 aliphatic carbocycles. The molecule has 4 heteroatoms. The van der Waals surface area contributed by atoms with Crippen molar-refractivity contribution in [3.8, 4) is 0 Å². The van der Waals surface area contributed by atoms with Crippen molar-refractivity contribution in [1.29, 1.82) is 0 Å². The topological polar surface area (TPSA) is 66.5 Å². The standard InChI is InChI=1S/C18H37NO2.Pb.2H/c1-2-3-4-5-6-7-8-9-10-11-12-13-14-15-18(21)17(19)16-20;;;/h14-15,17-18,20-21H,2-13,16,19H2,1H3;;;/b15-14+;;;/t17-,18+;;;/m0.../s1. The van der Waals surface area contributed by atoms with Crippen LogP contribution in [0.5, 0.6) is 0 Å². The van der Waals surface area contributed by atoms with E-state index in [2.05, 4.69) is 6.92 Å². The maximum absolute atomic E-state index is 9.52. The quantitative estimate of drug-likeness (QED) is 0.181. The van der Waals surface area contributed by atoms with E-state index in [0.29, 0.717) is 0 Å². The van der Waals surface area contributed by atoms with E-state index in [1.807, 2.05) is 6.08 Å². The Labute approximate surface area is 157 Å². The molecule has 0 fully saturated rings. The Kier molecular flexibility index (Phi) is 22.1. The van der Waals surface area contributed by atoms with Crippen LogP contribution in [-0.4, -0.2) is 56.3 Å². The van der Waals surface area contributed by atoms with Crippen LogP contribution >= 0.6 is 0 Å². The number of hydrogen-bond donors (Lipinski definition) is 3. The summed E-state index contributed by atoms with van der Waals surface area (Å²) in [4.78, 5) is 0. The van der Waals surface area contributed by atoms with Gasteiger partial charge in [-0.1, -0.05) is 83.3 Å². The first-order valence-corrected chi connectivity index (χ1v) is 8.93. The van der Waals surface area contributed by atoms with E-state index in [-0.39, 0.29) is 33.9 Å². The molecular formula is C18H39NO2Pb. The molecule has 0 spiro atoms. The van der Waals surface area contributed by atoms with Crippen molar-refractivity contribution in [2.75, 3.05) is 6.61 Å². The van der Waals surface area contributed by atoms with Gasteiger partial charge < -0.3 is 15.9 Å². The van der Waals surface area contributed by atoms with E-state index in [0.717, 1.165) is 6.42 Å². The van der Waals surface area contributed by atoms with E-state index >= 15 is 0 Å². The van der Waals surface area contributed by atoms with Crippen LogP contribution in [0.15, 0.2) is 12.2 Å². The first-order chi connectivity index (χ1) is 10.2. The van der Waals surface area contributed by atoms with Crippen LogP contribution in [0.3, 0.4) is 0 Å². The Hall–Kier alpha value is 0.542. The van der Waals surface area contributed by atoms with Gasteiger partial charge in [0.25, 0.3) is 0 Å². The Balaban J connectivity index is 0. The molecule has 3 nitrogen and oxygen atoms in total. The minimum absolute atomic E-state index is 0. The van der Waals surface area contributed by atoms with Gasteiger partial charge in [0.1, 0.15) is 0 Å². The van der Waals surface area contributed by atoms with Gasteiger partial charge in [-0.25, -0.2) is 0 Å². The molecule has 4 N–H and O–H groups in total. The van der Waals surface area contributed by atoms with Crippen molar-refractivity contribution >= 4 is 27.3 Å². The van der Waals surface area contributed by atoms with Gasteiger partial charge in [-0.2, -0.15) is 0 Å². The summed E-state index contributed by atoms with van der Waals surface area (Å²) in [5, 5.41) is 18.3. The zero-order chi connectivity index (χ0) is 15.8. The van der Waals surface area contributed by atoms with Crippen LogP contribution in [0.25, 0.3) is 0 Å². The Morgan fingerprint density at radius 2 is 1.32 bits per heavy atom. The third-order valence-corrected chi connectivity index (χ3v) is 3.96. The van der Waals surface area contributed by atoms with E-state index in [1.165, 1.54) is 70.6 Å². The number of nitrogens with two attached hydrogens (primary N) is 1. The molecule has 0 heterocycles. The van der Waals surface area contributed by atoms with Crippen LogP contribution in [0.2, 0.25) is 0 Å². The van der Waals surface area contributed by atoms with E-state index < -0.39 is 12.1 Å². The third-order valence-electron chi connectivity index (χ3n) is 3.96. The second-order valence-electron chi connectivity index (χ2n) is 6.09. The van der Waals surface area contributed by atoms with Gasteiger partial charge in [0.15, 0.2) is 0 Å². The maximum atomic E-state index is 9.52. The Bertz CT molecular complexity index is 237. The van der Waals surface area contributed by atoms with Crippen LogP contribution in [0.1, 0.15) is 84.0 Å². The molecule has 0 aromatic heterocycles. The van der Waals surface area contributed by atoms with Crippen molar-refractivity contribution in [2.45, 2.75) is 96.1 Å². The molecular weight excluding hydrogens is 469 g/mol. The molecule has 0 unspecified atom stereocenters. The fourth-order valence-corrected chi connectivity index (χ4v) is 2.41. The molecule has 0 rings (SSSR count). The second kappa shape index (κ2) is 19.6. The van der Waals surface area contributed by atoms with Gasteiger partial charge in [0, 0.05) is 0 Å². The normalized spacial score (nSPS) is 14.0. The molecule has 2 radical (unpaired) electrons. The first-order valence-electron chi connectivity index (χ1n) is 8.93. The van der Waals surface area contributed by atoms with Crippen molar-refractivity contribution < 1.29 is 10.2 Å². The molecule has 22 heavy (non-hydrogen) atoms. The van der Waals surface area contributed by atoms with Crippen LogP contribution in [0, 0.1) is 0 Å². The van der Waals surface area contributed by atoms with Gasteiger partial charge >= 0.3 is 27.3 Å². The molecule has 0 bridgehead atoms. The second-order valence-corrected chi connectivity index (χ2v) is 6.09. The average Bonchev–Trinajstić information content (AvgIpc) is 2.50. The summed E-state index contributed by atoms with van der Waals surface area (Å²) in [6.07, 6.45) is 18.8. The molecule has 0 amide bonds. The zero-order valence-electron chi connectivity index (χ0n) is 14.7. The van der Waals surface area contributed by atoms with E-state index in [4.69, 9.17) is 10.8 Å². The number of unbranched alkanes of at least 4 members (excludes halogenated alkanes) is 11. The van der Waals surface area contributed by atoms with Gasteiger partial charge in [0.05, 0.1) is 18.8 Å². The zero-order valence-corrected chi connectivity index (χ0v) is 20.2. The van der Waals surface area contributed by atoms with Gasteiger partial charge in [-0.15, -0.1) is 0 Å². The number of allylic oxidation sites excluding steroid dienone is 1. The summed E-state index contributed by atoms with van der Waals surface area (Å²) in [5.41, 5.74) is 5.51. The molecule has 0 saturated heterocycles. The van der Waals surface area contributed by atoms with Crippen molar-refractivity contribution in [3.05, 3.63) is 12.2 Å². The summed E-state index contributed by atoms with van der Waals surface area (Å²) in [7, 11) is 0. The van der Waals surface area contributed by atoms with Crippen LogP contribution in [0.4, 0.5) is 0 Å². The molecule has 0 aromatic rings. The summed E-state index contributed by atoms with van der Waals surface area (Å²) in [5.74, 6) is 0. The summed E-state index contributed by atoms with van der Waals surface area (Å²) >= 11 is 0. The third kappa shape index (κ3) is 16.9. The van der Waals surface area contributed by atoms with Crippen LogP contribution < -0.4 is 5.73 Å². The van der Waals surface area contributed by atoms with Gasteiger partial charge in [0.2, 0.25) is 0 Å². The average molecular weight is 509 g/mol. The predicted octanol–water partition coefficient (Wildman–Crippen LogP) is 3.01. The number of rotatable bonds is 15. The predicted molar refractivity (Wildman–Crippen MR) is 99.8 cm³/mol. The number of aliphatic hydroxyl groups is 2. The van der Waals surface area contributed by atoms with Crippen LogP contribution in [-0.2, 0) is 0 Å². The number of aliphatic hydroxyl groups excluding tert-OH is 2. The van der Waals surface area contributed by atoms with Gasteiger partial charge in [-0.3, -0.25) is 0 Å². The number of hydrogen-bond acceptors (Lipinski definition) is 3. The molecule has 0 saturated carbocycles.